The Bertz CT molecular complexity index is 520. The molecule has 0 bridgehead atoms. The van der Waals surface area contributed by atoms with E-state index in [2.05, 4.69) is 45.0 Å². The van der Waals surface area contributed by atoms with Gasteiger partial charge in [-0.3, -0.25) is 4.68 Å². The number of aromatic nitrogens is 4. The largest absolute Gasteiger partial charge is 0.307 e. The van der Waals surface area contributed by atoms with Gasteiger partial charge in [0.1, 0.15) is 5.82 Å². The molecule has 5 heteroatoms. The van der Waals surface area contributed by atoms with Crippen LogP contribution in [0.5, 0.6) is 0 Å². The Hall–Kier alpha value is -1.75. The monoisotopic (exact) mass is 273 g/mol. The molecule has 0 aliphatic heterocycles. The first kappa shape index (κ1) is 14.7. The molecule has 0 amide bonds. The van der Waals surface area contributed by atoms with Crippen molar-refractivity contribution in [3.05, 3.63) is 41.7 Å². The van der Waals surface area contributed by atoms with Gasteiger partial charge in [-0.15, -0.1) is 0 Å². The maximum atomic E-state index is 4.50. The van der Waals surface area contributed by atoms with Gasteiger partial charge >= 0.3 is 0 Å². The van der Waals surface area contributed by atoms with E-state index in [-0.39, 0.29) is 6.04 Å². The fraction of sp³-hybridized carbons (Fsp3) is 0.533. The van der Waals surface area contributed by atoms with Gasteiger partial charge in [0.25, 0.3) is 0 Å². The highest BCUT2D eigenvalue weighted by Gasteiger charge is 2.16. The van der Waals surface area contributed by atoms with E-state index in [1.807, 2.05) is 13.0 Å². The van der Waals surface area contributed by atoms with Gasteiger partial charge in [-0.05, 0) is 38.9 Å². The van der Waals surface area contributed by atoms with E-state index in [9.17, 15) is 0 Å². The van der Waals surface area contributed by atoms with Crippen molar-refractivity contribution in [3.63, 3.8) is 0 Å². The van der Waals surface area contributed by atoms with Crippen LogP contribution < -0.4 is 5.32 Å². The van der Waals surface area contributed by atoms with E-state index in [0.717, 1.165) is 37.4 Å². The molecule has 1 unspecified atom stereocenters. The molecule has 1 atom stereocenters. The van der Waals surface area contributed by atoms with Crippen molar-refractivity contribution in [1.29, 1.82) is 0 Å². The van der Waals surface area contributed by atoms with E-state index in [4.69, 9.17) is 0 Å². The summed E-state index contributed by atoms with van der Waals surface area (Å²) < 4.78 is 2.05. The van der Waals surface area contributed by atoms with Crippen LogP contribution in [-0.2, 0) is 13.0 Å². The number of nitrogens with one attached hydrogen (secondary N) is 1. The van der Waals surface area contributed by atoms with Crippen molar-refractivity contribution in [1.82, 2.24) is 25.1 Å². The first-order valence-corrected chi connectivity index (χ1v) is 7.28. The summed E-state index contributed by atoms with van der Waals surface area (Å²) in [6.07, 6.45) is 5.55. The van der Waals surface area contributed by atoms with Crippen LogP contribution in [0.25, 0.3) is 0 Å². The van der Waals surface area contributed by atoms with Gasteiger partial charge in [-0.2, -0.15) is 5.10 Å². The maximum absolute atomic E-state index is 4.50. The van der Waals surface area contributed by atoms with Crippen LogP contribution in [0.2, 0.25) is 0 Å². The van der Waals surface area contributed by atoms with Gasteiger partial charge in [0.05, 0.1) is 11.7 Å². The number of nitrogens with zero attached hydrogens (tertiary/aromatic N) is 4. The third kappa shape index (κ3) is 3.63. The summed E-state index contributed by atoms with van der Waals surface area (Å²) in [6.45, 7) is 8.16. The van der Waals surface area contributed by atoms with Crippen LogP contribution >= 0.6 is 0 Å². The molecule has 0 aromatic carbocycles. The molecule has 20 heavy (non-hydrogen) atoms. The molecule has 2 heterocycles. The summed E-state index contributed by atoms with van der Waals surface area (Å²) in [5.74, 6) is 0.849. The van der Waals surface area contributed by atoms with E-state index in [1.165, 1.54) is 5.69 Å². The van der Waals surface area contributed by atoms with Gasteiger partial charge < -0.3 is 5.32 Å². The van der Waals surface area contributed by atoms with Crippen molar-refractivity contribution in [2.24, 2.45) is 0 Å². The molecule has 2 aromatic heterocycles. The summed E-state index contributed by atoms with van der Waals surface area (Å²) in [6, 6.07) is 4.13. The topological polar surface area (TPSA) is 55.6 Å². The lowest BCUT2D eigenvalue weighted by molar-refractivity contribution is 0.482. The second kappa shape index (κ2) is 7.14. The van der Waals surface area contributed by atoms with Crippen LogP contribution in [-0.4, -0.2) is 26.3 Å². The lowest BCUT2D eigenvalue weighted by Gasteiger charge is -2.17. The van der Waals surface area contributed by atoms with Crippen molar-refractivity contribution >= 4 is 0 Å². The first-order chi connectivity index (χ1) is 9.74. The van der Waals surface area contributed by atoms with Crippen molar-refractivity contribution in [2.75, 3.05) is 6.54 Å². The quantitative estimate of drug-likeness (QED) is 0.841. The molecular weight excluding hydrogens is 250 g/mol. The van der Waals surface area contributed by atoms with Crippen LogP contribution in [0.3, 0.4) is 0 Å². The Kier molecular flexibility index (Phi) is 5.24. The molecule has 0 spiro atoms. The summed E-state index contributed by atoms with van der Waals surface area (Å²) in [5.41, 5.74) is 2.29. The molecule has 0 aliphatic rings. The Morgan fingerprint density at radius 2 is 2.00 bits per heavy atom. The second-order valence-electron chi connectivity index (χ2n) is 4.91. The lowest BCUT2D eigenvalue weighted by Crippen LogP contribution is -2.26. The molecule has 0 saturated carbocycles. The predicted octanol–water partition coefficient (Wildman–Crippen LogP) is 2.28. The molecule has 5 nitrogen and oxygen atoms in total. The number of aryl methyl sites for hydroxylation is 2. The zero-order valence-corrected chi connectivity index (χ0v) is 12.5. The van der Waals surface area contributed by atoms with Crippen LogP contribution in [0.1, 0.15) is 43.5 Å². The average Bonchev–Trinajstić information content (AvgIpc) is 2.84. The SMILES string of the molecule is CCCNC(Cc1cc(C)nn1CC)c1ncccn1. The average molecular weight is 273 g/mol. The highest BCUT2D eigenvalue weighted by atomic mass is 15.3. The molecular formula is C15H23N5. The smallest absolute Gasteiger partial charge is 0.145 e. The number of rotatable bonds is 7. The summed E-state index contributed by atoms with van der Waals surface area (Å²) in [5, 5.41) is 8.03. The van der Waals surface area contributed by atoms with Crippen LogP contribution in [0.15, 0.2) is 24.5 Å². The normalized spacial score (nSPS) is 12.6. The summed E-state index contributed by atoms with van der Waals surface area (Å²) in [7, 11) is 0. The van der Waals surface area contributed by atoms with Gasteiger partial charge in [0, 0.05) is 31.1 Å². The molecule has 1 N–H and O–H groups in total. The van der Waals surface area contributed by atoms with Gasteiger partial charge in [-0.25, -0.2) is 9.97 Å². The Balaban J connectivity index is 2.19. The molecule has 108 valence electrons. The Labute approximate surface area is 120 Å². The molecule has 0 aliphatic carbocycles. The van der Waals surface area contributed by atoms with E-state index < -0.39 is 0 Å². The summed E-state index contributed by atoms with van der Waals surface area (Å²) >= 11 is 0. The highest BCUT2D eigenvalue weighted by molar-refractivity contribution is 5.12. The van der Waals surface area contributed by atoms with Crippen molar-refractivity contribution < 1.29 is 0 Å². The van der Waals surface area contributed by atoms with Gasteiger partial charge in [0.15, 0.2) is 0 Å². The Morgan fingerprint density at radius 3 is 2.65 bits per heavy atom. The maximum Gasteiger partial charge on any atom is 0.145 e. The predicted molar refractivity (Wildman–Crippen MR) is 79.4 cm³/mol. The van der Waals surface area contributed by atoms with Crippen LogP contribution in [0.4, 0.5) is 0 Å². The molecule has 0 radical (unpaired) electrons. The molecule has 2 rings (SSSR count). The minimum atomic E-state index is 0.137. The third-order valence-electron chi connectivity index (χ3n) is 3.24. The zero-order chi connectivity index (χ0) is 14.4. The summed E-state index contributed by atoms with van der Waals surface area (Å²) in [4.78, 5) is 8.77. The second-order valence-corrected chi connectivity index (χ2v) is 4.91. The molecule has 2 aromatic rings. The minimum absolute atomic E-state index is 0.137. The van der Waals surface area contributed by atoms with Crippen molar-refractivity contribution in [2.45, 2.75) is 46.2 Å². The number of hydrogen-bond donors (Lipinski definition) is 1. The van der Waals surface area contributed by atoms with E-state index in [1.54, 1.807) is 12.4 Å². The molecule has 0 fully saturated rings. The fourth-order valence-electron chi connectivity index (χ4n) is 2.31. The minimum Gasteiger partial charge on any atom is -0.307 e. The lowest BCUT2D eigenvalue weighted by atomic mass is 10.1. The fourth-order valence-corrected chi connectivity index (χ4v) is 2.31. The third-order valence-corrected chi connectivity index (χ3v) is 3.24. The standard InChI is InChI=1S/C15H23N5/c1-4-7-16-14(15-17-8-6-9-18-15)11-13-10-12(3)19-20(13)5-2/h6,8-10,14,16H,4-5,7,11H2,1-3H3. The van der Waals surface area contributed by atoms with E-state index in [0.29, 0.717) is 0 Å². The van der Waals surface area contributed by atoms with Gasteiger partial charge in [0.2, 0.25) is 0 Å². The first-order valence-electron chi connectivity index (χ1n) is 7.28. The molecule has 0 saturated heterocycles. The van der Waals surface area contributed by atoms with Gasteiger partial charge in [-0.1, -0.05) is 6.92 Å². The number of hydrogen-bond acceptors (Lipinski definition) is 4. The Morgan fingerprint density at radius 1 is 1.25 bits per heavy atom. The zero-order valence-electron chi connectivity index (χ0n) is 12.5. The van der Waals surface area contributed by atoms with Crippen molar-refractivity contribution in [3.8, 4) is 0 Å². The highest BCUT2D eigenvalue weighted by Crippen LogP contribution is 2.16. The van der Waals surface area contributed by atoms with E-state index >= 15 is 0 Å². The van der Waals surface area contributed by atoms with Crippen LogP contribution in [0, 0.1) is 6.92 Å².